The van der Waals surface area contributed by atoms with Crippen molar-refractivity contribution in [2.75, 3.05) is 31.5 Å². The van der Waals surface area contributed by atoms with Crippen LogP contribution in [0.15, 0.2) is 58.3 Å². The number of halogens is 1. The van der Waals surface area contributed by atoms with Gasteiger partial charge in [-0.15, -0.1) is 0 Å². The Hall–Kier alpha value is -2.34. The molecule has 0 spiro atoms. The zero-order valence-electron chi connectivity index (χ0n) is 15.6. The highest BCUT2D eigenvalue weighted by Gasteiger charge is 2.33. The normalized spacial score (nSPS) is 16.5. The van der Waals surface area contributed by atoms with Crippen molar-refractivity contribution in [2.24, 2.45) is 0 Å². The summed E-state index contributed by atoms with van der Waals surface area (Å²) in [6.07, 6.45) is 0. The summed E-state index contributed by atoms with van der Waals surface area (Å²) >= 11 is 0. The van der Waals surface area contributed by atoms with Crippen LogP contribution in [0.5, 0.6) is 0 Å². The molecule has 2 aromatic carbocycles. The Morgan fingerprint density at radius 3 is 1.86 bits per heavy atom. The molecule has 0 atom stereocenters. The SMILES string of the molecule is CC(=O)Nc1ccc(S(=O)(=O)N2CCN(S(=O)(=O)c3cccc(F)c3)CC2)cc1. The third kappa shape index (κ3) is 4.64. The Morgan fingerprint density at radius 2 is 1.38 bits per heavy atom. The Balaban J connectivity index is 1.72. The number of benzene rings is 2. The van der Waals surface area contributed by atoms with Gasteiger partial charge < -0.3 is 5.32 Å². The smallest absolute Gasteiger partial charge is 0.243 e. The van der Waals surface area contributed by atoms with Gasteiger partial charge in [-0.1, -0.05) is 6.07 Å². The first-order valence-electron chi connectivity index (χ1n) is 8.74. The Bertz CT molecular complexity index is 1110. The average molecular weight is 442 g/mol. The van der Waals surface area contributed by atoms with Crippen molar-refractivity contribution in [3.8, 4) is 0 Å². The number of sulfonamides is 2. The van der Waals surface area contributed by atoms with Crippen molar-refractivity contribution in [1.29, 1.82) is 0 Å². The van der Waals surface area contributed by atoms with Gasteiger partial charge in [-0.2, -0.15) is 8.61 Å². The fraction of sp³-hybridized carbons (Fsp3) is 0.278. The number of hydrogen-bond donors (Lipinski definition) is 1. The fourth-order valence-corrected chi connectivity index (χ4v) is 5.87. The summed E-state index contributed by atoms with van der Waals surface area (Å²) in [7, 11) is -7.71. The van der Waals surface area contributed by atoms with E-state index in [0.717, 1.165) is 16.4 Å². The van der Waals surface area contributed by atoms with Crippen LogP contribution in [-0.4, -0.2) is 57.5 Å². The Kier molecular flexibility index (Phi) is 6.03. The molecule has 29 heavy (non-hydrogen) atoms. The molecule has 1 N–H and O–H groups in total. The largest absolute Gasteiger partial charge is 0.326 e. The number of rotatable bonds is 5. The molecule has 1 saturated heterocycles. The van der Waals surface area contributed by atoms with Gasteiger partial charge in [-0.05, 0) is 42.5 Å². The van der Waals surface area contributed by atoms with E-state index in [0.29, 0.717) is 5.69 Å². The minimum atomic E-state index is -3.90. The number of carbonyl (C=O) groups is 1. The van der Waals surface area contributed by atoms with Crippen LogP contribution in [-0.2, 0) is 24.8 Å². The van der Waals surface area contributed by atoms with Crippen LogP contribution in [0, 0.1) is 5.82 Å². The molecule has 1 heterocycles. The average Bonchev–Trinajstić information content (AvgIpc) is 2.68. The molecular weight excluding hydrogens is 421 g/mol. The number of amides is 1. The van der Waals surface area contributed by atoms with Crippen LogP contribution in [0.1, 0.15) is 6.92 Å². The Morgan fingerprint density at radius 1 is 0.862 bits per heavy atom. The summed E-state index contributed by atoms with van der Waals surface area (Å²) in [6.45, 7) is 1.22. The van der Waals surface area contributed by atoms with E-state index >= 15 is 0 Å². The van der Waals surface area contributed by atoms with E-state index in [1.807, 2.05) is 0 Å². The maximum atomic E-state index is 13.4. The topological polar surface area (TPSA) is 104 Å². The van der Waals surface area contributed by atoms with E-state index < -0.39 is 25.9 Å². The highest BCUT2D eigenvalue weighted by atomic mass is 32.2. The molecule has 1 fully saturated rings. The zero-order chi connectivity index (χ0) is 21.2. The number of nitrogens with zero attached hydrogens (tertiary/aromatic N) is 2. The molecule has 11 heteroatoms. The predicted octanol–water partition coefficient (Wildman–Crippen LogP) is 1.48. The first-order chi connectivity index (χ1) is 13.6. The molecule has 0 saturated carbocycles. The lowest BCUT2D eigenvalue weighted by molar-refractivity contribution is -0.114. The van der Waals surface area contributed by atoms with Crippen molar-refractivity contribution in [1.82, 2.24) is 8.61 Å². The molecule has 0 unspecified atom stereocenters. The van der Waals surface area contributed by atoms with Gasteiger partial charge in [0.05, 0.1) is 9.79 Å². The minimum absolute atomic E-state index is 0.0235. The van der Waals surface area contributed by atoms with Gasteiger partial charge in [-0.3, -0.25) is 4.79 Å². The molecule has 0 bridgehead atoms. The fourth-order valence-electron chi connectivity index (χ4n) is 2.99. The monoisotopic (exact) mass is 441 g/mol. The second-order valence-electron chi connectivity index (χ2n) is 6.47. The van der Waals surface area contributed by atoms with Crippen LogP contribution in [0.25, 0.3) is 0 Å². The van der Waals surface area contributed by atoms with E-state index in [9.17, 15) is 26.0 Å². The van der Waals surface area contributed by atoms with Crippen LogP contribution < -0.4 is 5.32 Å². The van der Waals surface area contributed by atoms with Crippen molar-refractivity contribution in [3.63, 3.8) is 0 Å². The lowest BCUT2D eigenvalue weighted by atomic mass is 10.3. The number of nitrogens with one attached hydrogen (secondary N) is 1. The summed E-state index contributed by atoms with van der Waals surface area (Å²) < 4.78 is 66.6. The summed E-state index contributed by atoms with van der Waals surface area (Å²) in [6, 6.07) is 10.5. The third-order valence-electron chi connectivity index (χ3n) is 4.44. The van der Waals surface area contributed by atoms with E-state index in [-0.39, 0.29) is 41.9 Å². The molecule has 0 aromatic heterocycles. The predicted molar refractivity (Wildman–Crippen MR) is 105 cm³/mol. The first-order valence-corrected chi connectivity index (χ1v) is 11.6. The molecule has 156 valence electrons. The number of carbonyl (C=O) groups excluding carboxylic acids is 1. The summed E-state index contributed by atoms with van der Waals surface area (Å²) in [4.78, 5) is 10.9. The van der Waals surface area contributed by atoms with Crippen LogP contribution >= 0.6 is 0 Å². The molecule has 2 aromatic rings. The van der Waals surface area contributed by atoms with Gasteiger partial charge in [0.2, 0.25) is 26.0 Å². The summed E-state index contributed by atoms with van der Waals surface area (Å²) in [5.41, 5.74) is 0.474. The van der Waals surface area contributed by atoms with Crippen molar-refractivity contribution in [3.05, 3.63) is 54.3 Å². The van der Waals surface area contributed by atoms with Gasteiger partial charge in [0.15, 0.2) is 0 Å². The van der Waals surface area contributed by atoms with Gasteiger partial charge in [0.25, 0.3) is 0 Å². The van der Waals surface area contributed by atoms with Crippen LogP contribution in [0.4, 0.5) is 10.1 Å². The zero-order valence-corrected chi connectivity index (χ0v) is 17.2. The Labute approximate surface area is 169 Å². The highest BCUT2D eigenvalue weighted by Crippen LogP contribution is 2.23. The molecule has 0 aliphatic carbocycles. The second-order valence-corrected chi connectivity index (χ2v) is 10.3. The van der Waals surface area contributed by atoms with Gasteiger partial charge in [0, 0.05) is 38.8 Å². The third-order valence-corrected chi connectivity index (χ3v) is 8.25. The molecule has 1 amide bonds. The van der Waals surface area contributed by atoms with Crippen LogP contribution in [0.2, 0.25) is 0 Å². The van der Waals surface area contributed by atoms with E-state index in [4.69, 9.17) is 0 Å². The van der Waals surface area contributed by atoms with Crippen molar-refractivity contribution in [2.45, 2.75) is 16.7 Å². The molecule has 3 rings (SSSR count). The van der Waals surface area contributed by atoms with Gasteiger partial charge >= 0.3 is 0 Å². The maximum absolute atomic E-state index is 13.4. The van der Waals surface area contributed by atoms with Crippen molar-refractivity contribution < 1.29 is 26.0 Å². The number of piperazine rings is 1. The van der Waals surface area contributed by atoms with E-state index in [1.54, 1.807) is 0 Å². The second kappa shape index (κ2) is 8.19. The quantitative estimate of drug-likeness (QED) is 0.757. The minimum Gasteiger partial charge on any atom is -0.326 e. The highest BCUT2D eigenvalue weighted by molar-refractivity contribution is 7.89. The summed E-state index contributed by atoms with van der Waals surface area (Å²) in [5.74, 6) is -0.925. The molecule has 8 nitrogen and oxygen atoms in total. The first kappa shape index (κ1) is 21.4. The maximum Gasteiger partial charge on any atom is 0.243 e. The molecule has 1 aliphatic heterocycles. The van der Waals surface area contributed by atoms with Crippen molar-refractivity contribution >= 4 is 31.6 Å². The molecule has 1 aliphatic rings. The lowest BCUT2D eigenvalue weighted by Crippen LogP contribution is -2.50. The standard InChI is InChI=1S/C18H20FN3O5S2/c1-14(23)20-16-5-7-17(8-6-16)28(24,25)21-9-11-22(12-10-21)29(26,27)18-4-2-3-15(19)13-18/h2-8,13H,9-12H2,1H3,(H,20,23). The molecule has 0 radical (unpaired) electrons. The lowest BCUT2D eigenvalue weighted by Gasteiger charge is -2.33. The summed E-state index contributed by atoms with van der Waals surface area (Å²) in [5, 5.41) is 2.56. The van der Waals surface area contributed by atoms with Gasteiger partial charge in [0.1, 0.15) is 5.82 Å². The van der Waals surface area contributed by atoms with Gasteiger partial charge in [-0.25, -0.2) is 21.2 Å². The van der Waals surface area contributed by atoms with E-state index in [1.165, 1.54) is 47.6 Å². The number of hydrogen-bond acceptors (Lipinski definition) is 5. The number of anilines is 1. The van der Waals surface area contributed by atoms with Crippen LogP contribution in [0.3, 0.4) is 0 Å². The molecular formula is C18H20FN3O5S2. The van der Waals surface area contributed by atoms with E-state index in [2.05, 4.69) is 5.32 Å².